The normalized spacial score (nSPS) is 18.3. The average molecular weight is 345 g/mol. The summed E-state index contributed by atoms with van der Waals surface area (Å²) in [6, 6.07) is 6.57. The van der Waals surface area contributed by atoms with Gasteiger partial charge in [0.1, 0.15) is 5.82 Å². The summed E-state index contributed by atoms with van der Waals surface area (Å²) >= 11 is 0. The molecule has 1 unspecified atom stereocenters. The zero-order valence-electron chi connectivity index (χ0n) is 14.8. The maximum atomic E-state index is 13.6. The van der Waals surface area contributed by atoms with Crippen molar-refractivity contribution in [3.63, 3.8) is 0 Å². The van der Waals surface area contributed by atoms with Crippen molar-refractivity contribution in [2.45, 2.75) is 19.9 Å². The number of carbonyl (C=O) groups excluding carboxylic acids is 1. The molecule has 1 aliphatic rings. The molecule has 1 fully saturated rings. The highest BCUT2D eigenvalue weighted by molar-refractivity contribution is 5.93. The van der Waals surface area contributed by atoms with Crippen LogP contribution in [-0.2, 0) is 11.8 Å². The first-order chi connectivity index (χ1) is 12.0. The van der Waals surface area contributed by atoms with Gasteiger partial charge >= 0.3 is 0 Å². The van der Waals surface area contributed by atoms with Crippen LogP contribution in [0.1, 0.15) is 23.0 Å². The number of carbonyl (C=O) groups is 1. The van der Waals surface area contributed by atoms with Crippen LogP contribution in [0.4, 0.5) is 10.1 Å². The zero-order chi connectivity index (χ0) is 18.0. The SMILES string of the molecule is Cc1nn(C)c(C)c1NC(=O)CN1CCNCC1c1cccc(F)c1. The Bertz CT molecular complexity index is 773. The summed E-state index contributed by atoms with van der Waals surface area (Å²) in [7, 11) is 1.86. The number of hydrogen-bond donors (Lipinski definition) is 2. The van der Waals surface area contributed by atoms with E-state index in [9.17, 15) is 9.18 Å². The predicted molar refractivity (Wildman–Crippen MR) is 94.9 cm³/mol. The first kappa shape index (κ1) is 17.6. The molecule has 1 aromatic heterocycles. The fourth-order valence-electron chi connectivity index (χ4n) is 3.30. The molecule has 3 rings (SSSR count). The molecule has 1 atom stereocenters. The fourth-order valence-corrected chi connectivity index (χ4v) is 3.30. The quantitative estimate of drug-likeness (QED) is 0.886. The lowest BCUT2D eigenvalue weighted by molar-refractivity contribution is -0.118. The molecule has 0 aliphatic carbocycles. The van der Waals surface area contributed by atoms with E-state index in [1.807, 2.05) is 27.0 Å². The van der Waals surface area contributed by atoms with E-state index in [4.69, 9.17) is 0 Å². The number of benzene rings is 1. The Balaban J connectivity index is 1.72. The van der Waals surface area contributed by atoms with E-state index in [-0.39, 0.29) is 24.3 Å². The Morgan fingerprint density at radius 3 is 2.92 bits per heavy atom. The van der Waals surface area contributed by atoms with Crippen LogP contribution in [-0.4, -0.2) is 46.8 Å². The van der Waals surface area contributed by atoms with Crippen molar-refractivity contribution in [1.82, 2.24) is 20.0 Å². The Morgan fingerprint density at radius 1 is 1.44 bits per heavy atom. The topological polar surface area (TPSA) is 62.2 Å². The van der Waals surface area contributed by atoms with Gasteiger partial charge < -0.3 is 10.6 Å². The highest BCUT2D eigenvalue weighted by Gasteiger charge is 2.26. The van der Waals surface area contributed by atoms with Crippen LogP contribution < -0.4 is 10.6 Å². The minimum atomic E-state index is -0.255. The molecular weight excluding hydrogens is 321 g/mol. The molecule has 25 heavy (non-hydrogen) atoms. The summed E-state index contributed by atoms with van der Waals surface area (Å²) in [5, 5.41) is 10.6. The van der Waals surface area contributed by atoms with Crippen molar-refractivity contribution in [3.05, 3.63) is 47.0 Å². The van der Waals surface area contributed by atoms with E-state index in [2.05, 4.69) is 20.6 Å². The highest BCUT2D eigenvalue weighted by Crippen LogP contribution is 2.23. The van der Waals surface area contributed by atoms with Crippen LogP contribution in [0.5, 0.6) is 0 Å². The molecular formula is C18H24FN5O. The Kier molecular flexibility index (Phi) is 5.15. The van der Waals surface area contributed by atoms with Crippen LogP contribution >= 0.6 is 0 Å². The van der Waals surface area contributed by atoms with Gasteiger partial charge in [-0.2, -0.15) is 5.10 Å². The lowest BCUT2D eigenvalue weighted by atomic mass is 10.0. The molecule has 1 aliphatic heterocycles. The molecule has 0 spiro atoms. The van der Waals surface area contributed by atoms with E-state index in [0.29, 0.717) is 6.54 Å². The van der Waals surface area contributed by atoms with E-state index in [0.717, 1.165) is 35.7 Å². The molecule has 1 saturated heterocycles. The van der Waals surface area contributed by atoms with Gasteiger partial charge in [0.2, 0.25) is 5.91 Å². The zero-order valence-corrected chi connectivity index (χ0v) is 14.8. The van der Waals surface area contributed by atoms with Crippen LogP contribution in [0.2, 0.25) is 0 Å². The molecule has 0 saturated carbocycles. The van der Waals surface area contributed by atoms with Gasteiger partial charge in [-0.25, -0.2) is 4.39 Å². The third-order valence-corrected chi connectivity index (χ3v) is 4.71. The first-order valence-corrected chi connectivity index (χ1v) is 8.46. The van der Waals surface area contributed by atoms with E-state index < -0.39 is 0 Å². The van der Waals surface area contributed by atoms with Crippen molar-refractivity contribution >= 4 is 11.6 Å². The molecule has 1 aromatic carbocycles. The van der Waals surface area contributed by atoms with Crippen LogP contribution in [0.25, 0.3) is 0 Å². The highest BCUT2D eigenvalue weighted by atomic mass is 19.1. The van der Waals surface area contributed by atoms with Crippen molar-refractivity contribution in [1.29, 1.82) is 0 Å². The second-order valence-corrected chi connectivity index (χ2v) is 6.46. The van der Waals surface area contributed by atoms with Gasteiger partial charge in [-0.05, 0) is 31.5 Å². The van der Waals surface area contributed by atoms with Crippen molar-refractivity contribution in [2.75, 3.05) is 31.5 Å². The largest absolute Gasteiger partial charge is 0.322 e. The number of nitrogens with one attached hydrogen (secondary N) is 2. The molecule has 7 heteroatoms. The maximum absolute atomic E-state index is 13.6. The van der Waals surface area contributed by atoms with Crippen molar-refractivity contribution < 1.29 is 9.18 Å². The molecule has 2 N–H and O–H groups in total. The third kappa shape index (κ3) is 3.88. The molecule has 0 radical (unpaired) electrons. The van der Waals surface area contributed by atoms with E-state index in [1.165, 1.54) is 12.1 Å². The van der Waals surface area contributed by atoms with Crippen LogP contribution in [0.3, 0.4) is 0 Å². The summed E-state index contributed by atoms with van der Waals surface area (Å²) in [5.74, 6) is -0.336. The van der Waals surface area contributed by atoms with Gasteiger partial charge in [0.25, 0.3) is 0 Å². The molecule has 6 nitrogen and oxygen atoms in total. The van der Waals surface area contributed by atoms with Gasteiger partial charge in [0, 0.05) is 32.7 Å². The summed E-state index contributed by atoms with van der Waals surface area (Å²) < 4.78 is 15.3. The monoisotopic (exact) mass is 345 g/mol. The summed E-state index contributed by atoms with van der Waals surface area (Å²) in [5.41, 5.74) is 3.38. The number of piperazine rings is 1. The van der Waals surface area contributed by atoms with E-state index in [1.54, 1.807) is 10.7 Å². The number of anilines is 1. The first-order valence-electron chi connectivity index (χ1n) is 8.46. The van der Waals surface area contributed by atoms with Crippen molar-refractivity contribution in [2.24, 2.45) is 7.05 Å². The molecule has 2 heterocycles. The number of aryl methyl sites for hydroxylation is 2. The van der Waals surface area contributed by atoms with Gasteiger partial charge in [0.05, 0.1) is 23.6 Å². The van der Waals surface area contributed by atoms with Gasteiger partial charge in [-0.3, -0.25) is 14.4 Å². The minimum Gasteiger partial charge on any atom is -0.322 e. The maximum Gasteiger partial charge on any atom is 0.238 e. The van der Waals surface area contributed by atoms with Gasteiger partial charge in [-0.15, -0.1) is 0 Å². The number of hydrogen-bond acceptors (Lipinski definition) is 4. The lowest BCUT2D eigenvalue weighted by Gasteiger charge is -2.36. The second kappa shape index (κ2) is 7.33. The third-order valence-electron chi connectivity index (χ3n) is 4.71. The number of halogens is 1. The van der Waals surface area contributed by atoms with Gasteiger partial charge in [0.15, 0.2) is 0 Å². The van der Waals surface area contributed by atoms with Crippen LogP contribution in [0.15, 0.2) is 24.3 Å². The Labute approximate surface area is 147 Å². The minimum absolute atomic E-state index is 0.0220. The molecule has 0 bridgehead atoms. The molecule has 134 valence electrons. The number of aromatic nitrogens is 2. The van der Waals surface area contributed by atoms with Gasteiger partial charge in [-0.1, -0.05) is 12.1 Å². The average Bonchev–Trinajstić information content (AvgIpc) is 2.81. The molecule has 1 amide bonds. The predicted octanol–water partition coefficient (Wildman–Crippen LogP) is 1.76. The Morgan fingerprint density at radius 2 is 2.24 bits per heavy atom. The second-order valence-electron chi connectivity index (χ2n) is 6.46. The number of nitrogens with zero attached hydrogens (tertiary/aromatic N) is 3. The smallest absolute Gasteiger partial charge is 0.238 e. The Hall–Kier alpha value is -2.25. The summed E-state index contributed by atoms with van der Waals surface area (Å²) in [4.78, 5) is 14.6. The summed E-state index contributed by atoms with van der Waals surface area (Å²) in [6.45, 7) is 6.31. The number of amides is 1. The van der Waals surface area contributed by atoms with Crippen LogP contribution in [0, 0.1) is 19.7 Å². The van der Waals surface area contributed by atoms with Crippen molar-refractivity contribution in [3.8, 4) is 0 Å². The molecule has 2 aromatic rings. The van der Waals surface area contributed by atoms with E-state index >= 15 is 0 Å². The standard InChI is InChI=1S/C18H24FN5O/c1-12-18(13(2)23(3)22-12)21-17(25)11-24-8-7-20-10-16(24)14-5-4-6-15(19)9-14/h4-6,9,16,20H,7-8,10-11H2,1-3H3,(H,21,25). The summed E-state index contributed by atoms with van der Waals surface area (Å²) in [6.07, 6.45) is 0. The number of rotatable bonds is 4. The fraction of sp³-hybridized carbons (Fsp3) is 0.444. The lowest BCUT2D eigenvalue weighted by Crippen LogP contribution is -2.48.